The van der Waals surface area contributed by atoms with Gasteiger partial charge in [-0.15, -0.1) is 0 Å². The van der Waals surface area contributed by atoms with E-state index in [1.165, 1.54) is 0 Å². The number of carboxylic acid groups (broad SMARTS) is 1. The molecular formula is C44H67N3O12. The number of carbonyl (C=O) groups excluding carboxylic acids is 1. The number of aliphatic hydroxyl groups is 7. The van der Waals surface area contributed by atoms with Crippen LogP contribution in [0, 0.1) is 62.1 Å². The van der Waals surface area contributed by atoms with Crippen molar-refractivity contribution in [3.8, 4) is 0 Å². The van der Waals surface area contributed by atoms with Crippen molar-refractivity contribution in [1.82, 2.24) is 15.3 Å². The van der Waals surface area contributed by atoms with E-state index < -0.39 is 93.2 Å². The molecule has 15 nitrogen and oxygen atoms in total. The lowest BCUT2D eigenvalue weighted by molar-refractivity contribution is -0.340. The number of aliphatic hydroxyl groups excluding tert-OH is 7. The van der Waals surface area contributed by atoms with E-state index >= 15 is 0 Å². The van der Waals surface area contributed by atoms with Crippen molar-refractivity contribution < 1.29 is 59.9 Å². The second-order valence-electron chi connectivity index (χ2n) is 21.2. The Morgan fingerprint density at radius 1 is 0.966 bits per heavy atom. The average Bonchev–Trinajstić information content (AvgIpc) is 3.83. The zero-order valence-electron chi connectivity index (χ0n) is 35.1. The summed E-state index contributed by atoms with van der Waals surface area (Å²) in [6.45, 7) is 9.84. The Bertz CT molecular complexity index is 1800. The number of amides is 1. The molecule has 5 aliphatic carbocycles. The number of nitrogens with one attached hydrogen (secondary N) is 2. The number of allylic oxidation sites excluding steroid dienone is 2. The minimum absolute atomic E-state index is 0.0753. The smallest absolute Gasteiger partial charge is 0.312 e. The maximum absolute atomic E-state index is 13.3. The molecule has 0 spiro atoms. The molecule has 10 N–H and O–H groups in total. The van der Waals surface area contributed by atoms with Gasteiger partial charge in [0, 0.05) is 42.8 Å². The van der Waals surface area contributed by atoms with E-state index in [2.05, 4.69) is 42.1 Å². The molecule has 59 heavy (non-hydrogen) atoms. The second-order valence-corrected chi connectivity index (χ2v) is 21.2. The van der Waals surface area contributed by atoms with Gasteiger partial charge in [0.25, 0.3) is 0 Å². The predicted octanol–water partition coefficient (Wildman–Crippen LogP) is 1.67. The van der Waals surface area contributed by atoms with Crippen LogP contribution in [0.2, 0.25) is 0 Å². The first kappa shape index (κ1) is 43.2. The van der Waals surface area contributed by atoms with Crippen LogP contribution in [0.25, 0.3) is 0 Å². The maximum Gasteiger partial charge on any atom is 0.312 e. The highest BCUT2D eigenvalue weighted by molar-refractivity contribution is 5.79. The summed E-state index contributed by atoms with van der Waals surface area (Å²) in [5.74, 6) is -2.54. The Morgan fingerprint density at radius 3 is 2.37 bits per heavy atom. The molecule has 8 rings (SSSR count). The van der Waals surface area contributed by atoms with Crippen molar-refractivity contribution in [1.29, 1.82) is 0 Å². The number of hydrogen-bond acceptors (Lipinski definition) is 12. The van der Waals surface area contributed by atoms with E-state index in [0.717, 1.165) is 17.7 Å². The van der Waals surface area contributed by atoms with Crippen LogP contribution in [0.3, 0.4) is 0 Å². The number of H-pyrrole nitrogens is 1. The molecule has 2 aliphatic heterocycles. The van der Waals surface area contributed by atoms with Crippen LogP contribution >= 0.6 is 0 Å². The summed E-state index contributed by atoms with van der Waals surface area (Å²) < 4.78 is 12.3. The first-order valence-electron chi connectivity index (χ1n) is 21.8. The molecule has 15 heteroatoms. The van der Waals surface area contributed by atoms with Crippen LogP contribution in [0.5, 0.6) is 0 Å². The van der Waals surface area contributed by atoms with Crippen LogP contribution in [0.15, 0.2) is 24.2 Å². The van der Waals surface area contributed by atoms with Crippen molar-refractivity contribution >= 4 is 11.9 Å². The van der Waals surface area contributed by atoms with Gasteiger partial charge < -0.3 is 60.6 Å². The molecule has 1 aromatic heterocycles. The fraction of sp³-hybridized carbons (Fsp3) is 0.841. The Balaban J connectivity index is 1.23. The summed E-state index contributed by atoms with van der Waals surface area (Å²) >= 11 is 0. The minimum Gasteiger partial charge on any atom is -0.481 e. The van der Waals surface area contributed by atoms with Crippen LogP contribution in [-0.2, 0) is 25.5 Å². The van der Waals surface area contributed by atoms with Crippen LogP contribution in [-0.4, -0.2) is 131 Å². The number of hydrogen-bond donors (Lipinski definition) is 10. The molecule has 330 valence electrons. The van der Waals surface area contributed by atoms with Gasteiger partial charge in [0.1, 0.15) is 23.7 Å². The molecule has 7 aliphatic rings. The number of imidazole rings is 1. The first-order valence-corrected chi connectivity index (χ1v) is 21.8. The molecule has 1 aromatic rings. The zero-order chi connectivity index (χ0) is 42.7. The van der Waals surface area contributed by atoms with Crippen molar-refractivity contribution in [3.63, 3.8) is 0 Å². The topological polar surface area (TPSA) is 255 Å². The molecule has 0 bridgehead atoms. The highest BCUT2D eigenvalue weighted by Crippen LogP contribution is 2.77. The fourth-order valence-electron chi connectivity index (χ4n) is 14.9. The molecule has 19 atom stereocenters. The Kier molecular flexibility index (Phi) is 10.9. The average molecular weight is 830 g/mol. The SMILES string of the molecule is C[C@]1(CO)C[C@@H](O)[C@]2(C(=O)O)CC[C@]3(C)C(=CC[C@@H]4[C@@]5(C)[C@H](C[C@@H]6CC(=O)N[C@H]6Cc6cnc[nH]6)[C@@H](O)[C@@H](O[C@@H]6OC[C@@H](O)[C@H](O)[C@H]6O)[C@@](C)(CO)[C@H]5CC[C@]43C)[C@@H]2C1. The van der Waals surface area contributed by atoms with Gasteiger partial charge in [0.15, 0.2) is 6.29 Å². The monoisotopic (exact) mass is 829 g/mol. The van der Waals surface area contributed by atoms with E-state index in [9.17, 15) is 50.4 Å². The molecule has 0 radical (unpaired) electrons. The molecule has 0 aromatic carbocycles. The van der Waals surface area contributed by atoms with Crippen molar-refractivity contribution in [2.24, 2.45) is 62.1 Å². The van der Waals surface area contributed by atoms with Gasteiger partial charge >= 0.3 is 5.97 Å². The van der Waals surface area contributed by atoms with Gasteiger partial charge in [-0.3, -0.25) is 9.59 Å². The molecule has 0 unspecified atom stereocenters. The van der Waals surface area contributed by atoms with Crippen LogP contribution in [0.1, 0.15) is 98.1 Å². The van der Waals surface area contributed by atoms with Crippen LogP contribution in [0.4, 0.5) is 0 Å². The minimum atomic E-state index is -1.61. The third-order valence-corrected chi connectivity index (χ3v) is 18.4. The third-order valence-electron chi connectivity index (χ3n) is 18.4. The normalized spacial score (nSPS) is 52.0. The van der Waals surface area contributed by atoms with Gasteiger partial charge in [-0.05, 0) is 103 Å². The van der Waals surface area contributed by atoms with E-state index in [4.69, 9.17) is 9.47 Å². The molecule has 3 heterocycles. The number of nitrogens with zero attached hydrogens (tertiary/aromatic N) is 1. The summed E-state index contributed by atoms with van der Waals surface area (Å²) in [6, 6.07) is -0.241. The predicted molar refractivity (Wildman–Crippen MR) is 211 cm³/mol. The fourth-order valence-corrected chi connectivity index (χ4v) is 14.9. The number of ether oxygens (including phenoxy) is 2. The van der Waals surface area contributed by atoms with E-state index in [1.54, 1.807) is 12.5 Å². The maximum atomic E-state index is 13.3. The summed E-state index contributed by atoms with van der Waals surface area (Å²) in [4.78, 5) is 33.8. The number of carbonyl (C=O) groups is 2. The van der Waals surface area contributed by atoms with E-state index in [0.29, 0.717) is 38.5 Å². The first-order chi connectivity index (χ1) is 27.7. The Labute approximate surface area is 346 Å². The zero-order valence-corrected chi connectivity index (χ0v) is 35.1. The molecular weight excluding hydrogens is 762 g/mol. The lowest BCUT2D eigenvalue weighted by Gasteiger charge is -2.73. The Morgan fingerprint density at radius 2 is 1.71 bits per heavy atom. The van der Waals surface area contributed by atoms with Gasteiger partial charge in [-0.25, -0.2) is 4.98 Å². The van der Waals surface area contributed by atoms with Gasteiger partial charge in [0.2, 0.25) is 5.91 Å². The largest absolute Gasteiger partial charge is 0.481 e. The third kappa shape index (κ3) is 6.17. The van der Waals surface area contributed by atoms with Crippen molar-refractivity contribution in [3.05, 3.63) is 29.9 Å². The summed E-state index contributed by atoms with van der Waals surface area (Å²) in [5, 5.41) is 92.7. The summed E-state index contributed by atoms with van der Waals surface area (Å²) in [7, 11) is 0. The second kappa shape index (κ2) is 14.8. The number of carboxylic acids is 1. The summed E-state index contributed by atoms with van der Waals surface area (Å²) in [5.41, 5.74) is -2.76. The van der Waals surface area contributed by atoms with Crippen molar-refractivity contribution in [2.45, 2.75) is 148 Å². The highest BCUT2D eigenvalue weighted by atomic mass is 16.7. The number of rotatable bonds is 9. The van der Waals surface area contributed by atoms with Gasteiger partial charge in [-0.2, -0.15) is 0 Å². The molecule has 1 amide bonds. The van der Waals surface area contributed by atoms with E-state index in [1.807, 2.05) is 13.8 Å². The summed E-state index contributed by atoms with van der Waals surface area (Å²) in [6.07, 6.45) is 0.937. The lowest BCUT2D eigenvalue weighted by atomic mass is 9.31. The van der Waals surface area contributed by atoms with Gasteiger partial charge in [-0.1, -0.05) is 46.3 Å². The standard InChI is InChI=1S/C44H67N3O12/c1-39(19-48)15-26-24-6-7-30-42(4,41(24,3)10-11-44(26,38(56)57)31(51)16-39)9-8-29-40(2,20-49)36(59-37-35(55)34(54)28(50)18-58-37)33(53)25(43(29,30)5)12-22-13-32(52)47-27(22)14-23-17-45-21-46-23/h6,17,21-22,25-31,33-37,48-51,53-55H,7-16,18-20H2,1-5H3,(H,45,46)(H,47,52)(H,56,57)/t22-,25-,26+,27+,28-,29-,30+,31-,33-,34+,35-,36-,37+,39-,40+,41-,42-,43+,44+/m1/s1. The number of aliphatic carboxylic acids is 1. The number of aromatic nitrogens is 2. The van der Waals surface area contributed by atoms with Gasteiger partial charge in [0.05, 0.1) is 37.9 Å². The lowest BCUT2D eigenvalue weighted by Crippen LogP contribution is -2.72. The number of fused-ring (bicyclic) bond motifs is 7. The molecule has 6 fully saturated rings. The Hall–Kier alpha value is -2.47. The molecule has 2 saturated heterocycles. The highest BCUT2D eigenvalue weighted by Gasteiger charge is 2.74. The number of aromatic amines is 1. The van der Waals surface area contributed by atoms with Crippen molar-refractivity contribution in [2.75, 3.05) is 19.8 Å². The van der Waals surface area contributed by atoms with Crippen LogP contribution < -0.4 is 5.32 Å². The quantitative estimate of drug-likeness (QED) is 0.126. The molecule has 4 saturated carbocycles. The van der Waals surface area contributed by atoms with E-state index in [-0.39, 0.29) is 68.8 Å².